The van der Waals surface area contributed by atoms with Crippen molar-refractivity contribution < 1.29 is 13.2 Å². The molecule has 0 spiro atoms. The van der Waals surface area contributed by atoms with Gasteiger partial charge >= 0.3 is 0 Å². The maximum atomic E-state index is 13.0. The lowest BCUT2D eigenvalue weighted by molar-refractivity contribution is -0.118. The van der Waals surface area contributed by atoms with Crippen LogP contribution in [0.15, 0.2) is 58.9 Å². The molecule has 0 saturated carbocycles. The highest BCUT2D eigenvalue weighted by Gasteiger charge is 2.27. The quantitative estimate of drug-likeness (QED) is 0.559. The normalized spacial score (nSPS) is 12.7. The molecule has 7 nitrogen and oxygen atoms in total. The summed E-state index contributed by atoms with van der Waals surface area (Å²) in [6.07, 6.45) is 0. The smallest absolute Gasteiger partial charge is 0.270 e. The Morgan fingerprint density at radius 3 is 2.31 bits per heavy atom. The molecular weight excluding hydrogens is 408 g/mol. The number of carbonyl (C=O) groups excluding carboxylic acids is 1. The van der Waals surface area contributed by atoms with Crippen molar-refractivity contribution >= 4 is 32.4 Å². The summed E-state index contributed by atoms with van der Waals surface area (Å²) in [6.45, 7) is 5.41. The van der Waals surface area contributed by atoms with Crippen LogP contribution in [0.1, 0.15) is 36.6 Å². The third-order valence-corrected chi connectivity index (χ3v) is 6.93. The van der Waals surface area contributed by atoms with Crippen LogP contribution in [0.3, 0.4) is 0 Å². The van der Waals surface area contributed by atoms with Gasteiger partial charge in [-0.05, 0) is 23.6 Å². The summed E-state index contributed by atoms with van der Waals surface area (Å²) in [6, 6.07) is 16.4. The van der Waals surface area contributed by atoms with E-state index >= 15 is 0 Å². The molecule has 1 heterocycles. The molecule has 2 aromatic carbocycles. The van der Waals surface area contributed by atoms with Crippen LogP contribution < -0.4 is 10.0 Å². The van der Waals surface area contributed by atoms with E-state index in [1.807, 2.05) is 61.5 Å². The summed E-state index contributed by atoms with van der Waals surface area (Å²) in [5, 5.41) is 10.3. The van der Waals surface area contributed by atoms with Gasteiger partial charge in [0.25, 0.3) is 10.0 Å². The molecule has 29 heavy (non-hydrogen) atoms. The number of sulfonamides is 1. The Balaban J connectivity index is 1.92. The van der Waals surface area contributed by atoms with Gasteiger partial charge in [0.1, 0.15) is 0 Å². The Morgan fingerprint density at radius 1 is 1.00 bits per heavy atom. The maximum Gasteiger partial charge on any atom is 0.270 e. The van der Waals surface area contributed by atoms with E-state index in [1.54, 1.807) is 13.8 Å². The van der Waals surface area contributed by atoms with E-state index in [-0.39, 0.29) is 21.3 Å². The maximum absolute atomic E-state index is 13.0. The highest BCUT2D eigenvalue weighted by Crippen LogP contribution is 2.28. The average molecular weight is 431 g/mol. The van der Waals surface area contributed by atoms with Crippen molar-refractivity contribution in [1.82, 2.24) is 14.9 Å². The van der Waals surface area contributed by atoms with Gasteiger partial charge in [-0.25, -0.2) is 8.42 Å². The summed E-state index contributed by atoms with van der Waals surface area (Å²) < 4.78 is 28.6. The van der Waals surface area contributed by atoms with Gasteiger partial charge in [-0.1, -0.05) is 79.8 Å². The molecule has 0 aliphatic carbocycles. The first-order chi connectivity index (χ1) is 13.8. The molecule has 0 fully saturated rings. The summed E-state index contributed by atoms with van der Waals surface area (Å²) in [5.41, 5.74) is 2.62. The van der Waals surface area contributed by atoms with Gasteiger partial charge in [0.2, 0.25) is 15.4 Å². The molecule has 3 aromatic rings. The number of rotatable bonds is 7. The molecule has 0 radical (unpaired) electrons. The van der Waals surface area contributed by atoms with Crippen LogP contribution in [0.4, 0.5) is 5.13 Å². The second-order valence-electron chi connectivity index (χ2n) is 6.84. The van der Waals surface area contributed by atoms with Gasteiger partial charge in [0, 0.05) is 5.92 Å². The molecule has 0 aliphatic rings. The van der Waals surface area contributed by atoms with E-state index in [0.717, 1.165) is 28.0 Å². The predicted molar refractivity (Wildman–Crippen MR) is 113 cm³/mol. The van der Waals surface area contributed by atoms with E-state index in [0.29, 0.717) is 0 Å². The van der Waals surface area contributed by atoms with Crippen molar-refractivity contribution in [2.24, 2.45) is 5.92 Å². The van der Waals surface area contributed by atoms with Crippen LogP contribution in [0.25, 0.3) is 0 Å². The minimum absolute atomic E-state index is 0.149. The summed E-state index contributed by atoms with van der Waals surface area (Å²) >= 11 is 0.817. The number of aromatic nitrogens is 2. The first-order valence-corrected chi connectivity index (χ1v) is 11.3. The number of benzene rings is 2. The number of carbonyl (C=O) groups is 1. The molecule has 1 atom stereocenters. The fourth-order valence-corrected chi connectivity index (χ4v) is 4.81. The number of hydrogen-bond acceptors (Lipinski definition) is 6. The number of anilines is 1. The van der Waals surface area contributed by atoms with Crippen LogP contribution in [0, 0.1) is 12.8 Å². The molecule has 0 aliphatic heterocycles. The summed E-state index contributed by atoms with van der Waals surface area (Å²) in [4.78, 5) is 11.8. The average Bonchev–Trinajstić information content (AvgIpc) is 3.17. The van der Waals surface area contributed by atoms with Crippen LogP contribution in [-0.4, -0.2) is 24.5 Å². The third kappa shape index (κ3) is 5.06. The van der Waals surface area contributed by atoms with Crippen LogP contribution in [0.5, 0.6) is 0 Å². The molecule has 9 heteroatoms. The molecular formula is C20H22N4O3S2. The molecule has 0 unspecified atom stereocenters. The first kappa shape index (κ1) is 21.1. The number of aryl methyl sites for hydroxylation is 1. The van der Waals surface area contributed by atoms with Crippen molar-refractivity contribution in [1.29, 1.82) is 0 Å². The van der Waals surface area contributed by atoms with Gasteiger partial charge in [-0.2, -0.15) is 4.72 Å². The van der Waals surface area contributed by atoms with E-state index in [9.17, 15) is 13.2 Å². The van der Waals surface area contributed by atoms with Crippen molar-refractivity contribution in [3.8, 4) is 0 Å². The second-order valence-corrected chi connectivity index (χ2v) is 9.70. The molecule has 1 amide bonds. The van der Waals surface area contributed by atoms with E-state index in [2.05, 4.69) is 20.2 Å². The van der Waals surface area contributed by atoms with Crippen molar-refractivity contribution in [2.45, 2.75) is 31.2 Å². The van der Waals surface area contributed by atoms with Crippen molar-refractivity contribution in [2.75, 3.05) is 5.32 Å². The molecule has 0 bridgehead atoms. The Kier molecular flexibility index (Phi) is 6.41. The highest BCUT2D eigenvalue weighted by atomic mass is 32.2. The monoisotopic (exact) mass is 430 g/mol. The highest BCUT2D eigenvalue weighted by molar-refractivity contribution is 7.91. The fraction of sp³-hybridized carbons (Fsp3) is 0.250. The molecule has 152 valence electrons. The summed E-state index contributed by atoms with van der Waals surface area (Å²) in [7, 11) is -3.96. The van der Waals surface area contributed by atoms with Crippen LogP contribution in [0.2, 0.25) is 0 Å². The molecule has 3 rings (SSSR count). The molecule has 1 aromatic heterocycles. The Labute approximate surface area is 174 Å². The molecule has 0 saturated heterocycles. The summed E-state index contributed by atoms with van der Waals surface area (Å²) in [5.74, 6) is -0.499. The lowest BCUT2D eigenvalue weighted by atomic mass is 9.96. The number of hydrogen-bond donors (Lipinski definition) is 2. The van der Waals surface area contributed by atoms with Gasteiger partial charge in [-0.3, -0.25) is 4.79 Å². The van der Waals surface area contributed by atoms with Gasteiger partial charge in [-0.15, -0.1) is 10.2 Å². The topological polar surface area (TPSA) is 101 Å². The Bertz CT molecular complexity index is 1100. The lowest BCUT2D eigenvalue weighted by Gasteiger charge is -2.20. The standard InChI is InChI=1S/C20H22N4O3S2/c1-13(2)18(25)21-19-22-23-20(28-19)29(26,27)24-17(15-10-5-4-6-11-15)16-12-8-7-9-14(16)3/h4-13,17,24H,1-3H3,(H,21,22,25)/t17-/m0/s1. The van der Waals surface area contributed by atoms with Gasteiger partial charge < -0.3 is 5.32 Å². The first-order valence-electron chi connectivity index (χ1n) is 9.05. The van der Waals surface area contributed by atoms with Gasteiger partial charge in [0.05, 0.1) is 6.04 Å². The fourth-order valence-electron chi connectivity index (χ4n) is 2.69. The Hall–Kier alpha value is -2.62. The zero-order valence-corrected chi connectivity index (χ0v) is 17.9. The molecule has 2 N–H and O–H groups in total. The van der Waals surface area contributed by atoms with Gasteiger partial charge in [0.15, 0.2) is 0 Å². The number of amides is 1. The van der Waals surface area contributed by atoms with E-state index in [1.165, 1.54) is 0 Å². The zero-order valence-electron chi connectivity index (χ0n) is 16.3. The zero-order chi connectivity index (χ0) is 21.0. The number of nitrogens with zero attached hydrogens (tertiary/aromatic N) is 2. The van der Waals surface area contributed by atoms with Crippen molar-refractivity contribution in [3.05, 3.63) is 71.3 Å². The van der Waals surface area contributed by atoms with E-state index in [4.69, 9.17) is 0 Å². The Morgan fingerprint density at radius 2 is 1.66 bits per heavy atom. The van der Waals surface area contributed by atoms with Crippen molar-refractivity contribution in [3.63, 3.8) is 0 Å². The number of nitrogens with one attached hydrogen (secondary N) is 2. The predicted octanol–water partition coefficient (Wildman–Crippen LogP) is 3.51. The van der Waals surface area contributed by atoms with E-state index < -0.39 is 16.1 Å². The van der Waals surface area contributed by atoms with Crippen LogP contribution in [-0.2, 0) is 14.8 Å². The van der Waals surface area contributed by atoms with Crippen LogP contribution >= 0.6 is 11.3 Å². The minimum atomic E-state index is -3.96. The lowest BCUT2D eigenvalue weighted by Crippen LogP contribution is -2.30. The minimum Gasteiger partial charge on any atom is -0.300 e. The third-order valence-electron chi connectivity index (χ3n) is 4.30. The second kappa shape index (κ2) is 8.81. The largest absolute Gasteiger partial charge is 0.300 e. The SMILES string of the molecule is Cc1ccccc1[C@@H](NS(=O)(=O)c1nnc(NC(=O)C(C)C)s1)c1ccccc1.